The van der Waals surface area contributed by atoms with Crippen molar-refractivity contribution >= 4 is 33.3 Å². The maximum absolute atomic E-state index is 11.8. The van der Waals surface area contributed by atoms with Gasteiger partial charge in [-0.25, -0.2) is 18.6 Å². The molecule has 1 aliphatic rings. The van der Waals surface area contributed by atoms with Gasteiger partial charge in [-0.15, -0.1) is 0 Å². The number of rotatable bonds is 7. The minimum absolute atomic E-state index is 0.0131. The predicted molar refractivity (Wildman–Crippen MR) is 73.3 cm³/mol. The molecule has 0 bridgehead atoms. The Bertz CT molecular complexity index is 569. The second-order valence-corrected chi connectivity index (χ2v) is 6.96. The smallest absolute Gasteiger partial charge is 0.326 e. The fourth-order valence-corrected chi connectivity index (χ4v) is 2.46. The number of hydrogen-bond donors (Lipinski definition) is 3. The molecule has 0 spiro atoms. The maximum atomic E-state index is 11.8. The Morgan fingerprint density at radius 3 is 2.57 bits per heavy atom. The highest BCUT2D eigenvalue weighted by atomic mass is 32.2. The van der Waals surface area contributed by atoms with Gasteiger partial charge < -0.3 is 10.4 Å². The fraction of sp³-hybridized carbons (Fsp3) is 0.636. The van der Waals surface area contributed by atoms with E-state index in [0.717, 1.165) is 0 Å². The van der Waals surface area contributed by atoms with E-state index in [1.807, 2.05) is 0 Å². The summed E-state index contributed by atoms with van der Waals surface area (Å²) in [6, 6.07) is -1.32. The lowest BCUT2D eigenvalue weighted by Crippen LogP contribution is -2.46. The van der Waals surface area contributed by atoms with Crippen LogP contribution < -0.4 is 10.7 Å². The van der Waals surface area contributed by atoms with Gasteiger partial charge in [0.15, 0.2) is 0 Å². The van der Waals surface area contributed by atoms with E-state index in [-0.39, 0.29) is 42.4 Å². The first kappa shape index (κ1) is 17.1. The summed E-state index contributed by atoms with van der Waals surface area (Å²) >= 11 is 0. The van der Waals surface area contributed by atoms with Gasteiger partial charge in [0, 0.05) is 18.6 Å². The van der Waals surface area contributed by atoms with Crippen LogP contribution in [0.15, 0.2) is 5.10 Å². The Morgan fingerprint density at radius 2 is 2.10 bits per heavy atom. The fourth-order valence-electron chi connectivity index (χ4n) is 1.58. The zero-order valence-electron chi connectivity index (χ0n) is 11.5. The molecule has 0 radical (unpaired) electrons. The average molecular weight is 319 g/mol. The summed E-state index contributed by atoms with van der Waals surface area (Å²) in [4.78, 5) is 33.8. The molecule has 1 unspecified atom stereocenters. The Morgan fingerprint density at radius 1 is 1.43 bits per heavy atom. The summed E-state index contributed by atoms with van der Waals surface area (Å²) in [5, 5.41) is 14.8. The standard InChI is InChI=1S/C11H17N3O6S/c1-2-21(19,20)6-5-8(11(17)18)12-10(16)7-3-4-9(15)14-13-7/h8H,2-6H2,1H3,(H,12,16)(H,14,15)(H,17,18). The molecule has 1 aliphatic heterocycles. The summed E-state index contributed by atoms with van der Waals surface area (Å²) in [6.07, 6.45) is -0.0254. The zero-order chi connectivity index (χ0) is 16.0. The molecule has 1 rings (SSSR count). The number of hydrazone groups is 1. The second kappa shape index (κ2) is 7.16. The van der Waals surface area contributed by atoms with Gasteiger partial charge in [0.25, 0.3) is 5.91 Å². The minimum Gasteiger partial charge on any atom is -0.480 e. The normalized spacial score (nSPS) is 16.6. The van der Waals surface area contributed by atoms with Crippen molar-refractivity contribution < 1.29 is 27.9 Å². The summed E-state index contributed by atoms with van der Waals surface area (Å²) in [5.41, 5.74) is 2.14. The van der Waals surface area contributed by atoms with Crippen molar-refractivity contribution in [3.63, 3.8) is 0 Å². The monoisotopic (exact) mass is 319 g/mol. The number of aliphatic carboxylic acids is 1. The Labute approximate surface area is 121 Å². The van der Waals surface area contributed by atoms with Crippen molar-refractivity contribution in [1.29, 1.82) is 0 Å². The highest BCUT2D eigenvalue weighted by Crippen LogP contribution is 2.03. The van der Waals surface area contributed by atoms with E-state index in [1.54, 1.807) is 0 Å². The van der Waals surface area contributed by atoms with Crippen molar-refractivity contribution in [2.24, 2.45) is 5.10 Å². The van der Waals surface area contributed by atoms with E-state index in [1.165, 1.54) is 6.92 Å². The van der Waals surface area contributed by atoms with Crippen LogP contribution in [-0.2, 0) is 24.2 Å². The Hall–Kier alpha value is -1.97. The molecule has 0 fully saturated rings. The van der Waals surface area contributed by atoms with Gasteiger partial charge in [-0.1, -0.05) is 6.92 Å². The molecule has 1 heterocycles. The van der Waals surface area contributed by atoms with Gasteiger partial charge in [0.1, 0.15) is 21.6 Å². The van der Waals surface area contributed by atoms with Gasteiger partial charge in [0.05, 0.1) is 5.75 Å². The van der Waals surface area contributed by atoms with Gasteiger partial charge in [-0.05, 0) is 6.42 Å². The third-order valence-electron chi connectivity index (χ3n) is 2.93. The van der Waals surface area contributed by atoms with E-state index in [2.05, 4.69) is 15.8 Å². The zero-order valence-corrected chi connectivity index (χ0v) is 12.3. The molecule has 9 nitrogen and oxygen atoms in total. The molecule has 0 aromatic heterocycles. The van der Waals surface area contributed by atoms with Crippen molar-refractivity contribution in [3.05, 3.63) is 0 Å². The minimum atomic E-state index is -3.32. The molecular formula is C11H17N3O6S. The summed E-state index contributed by atoms with van der Waals surface area (Å²) in [6.45, 7) is 1.46. The number of carboxylic acids is 1. The van der Waals surface area contributed by atoms with E-state index in [4.69, 9.17) is 5.11 Å². The molecule has 1 atom stereocenters. The lowest BCUT2D eigenvalue weighted by molar-refractivity contribution is -0.141. The number of carboxylic acid groups (broad SMARTS) is 1. The number of hydrogen-bond acceptors (Lipinski definition) is 6. The van der Waals surface area contributed by atoms with E-state index < -0.39 is 27.8 Å². The number of carbonyl (C=O) groups excluding carboxylic acids is 2. The second-order valence-electron chi connectivity index (χ2n) is 4.48. The molecule has 0 aliphatic carbocycles. The number of sulfone groups is 1. The van der Waals surface area contributed by atoms with Crippen LogP contribution in [0.25, 0.3) is 0 Å². The molecule has 10 heteroatoms. The number of nitrogens with one attached hydrogen (secondary N) is 2. The van der Waals surface area contributed by atoms with Gasteiger partial charge in [-0.3, -0.25) is 9.59 Å². The molecule has 21 heavy (non-hydrogen) atoms. The predicted octanol–water partition coefficient (Wildman–Crippen LogP) is -1.35. The SMILES string of the molecule is CCS(=O)(=O)CCC(NC(=O)C1=NNC(=O)CC1)C(=O)O. The van der Waals surface area contributed by atoms with E-state index in [9.17, 15) is 22.8 Å². The summed E-state index contributed by atoms with van der Waals surface area (Å²) in [5.74, 6) is -2.79. The van der Waals surface area contributed by atoms with Crippen LogP contribution in [0.2, 0.25) is 0 Å². The van der Waals surface area contributed by atoms with E-state index in [0.29, 0.717) is 0 Å². The maximum Gasteiger partial charge on any atom is 0.326 e. The van der Waals surface area contributed by atoms with Crippen LogP contribution >= 0.6 is 0 Å². The van der Waals surface area contributed by atoms with Gasteiger partial charge in [-0.2, -0.15) is 5.10 Å². The summed E-state index contributed by atoms with van der Waals surface area (Å²) in [7, 11) is -3.32. The van der Waals surface area contributed by atoms with Crippen LogP contribution in [0.1, 0.15) is 26.2 Å². The molecule has 0 saturated carbocycles. The van der Waals surface area contributed by atoms with Gasteiger partial charge in [0.2, 0.25) is 5.91 Å². The first-order chi connectivity index (χ1) is 9.75. The quantitative estimate of drug-likeness (QED) is 0.529. The third-order valence-corrected chi connectivity index (χ3v) is 4.66. The largest absolute Gasteiger partial charge is 0.480 e. The van der Waals surface area contributed by atoms with Crippen LogP contribution in [0, 0.1) is 0 Å². The molecule has 118 valence electrons. The highest BCUT2D eigenvalue weighted by molar-refractivity contribution is 7.91. The van der Waals surface area contributed by atoms with Crippen LogP contribution in [0.5, 0.6) is 0 Å². The number of nitrogens with zero attached hydrogens (tertiary/aromatic N) is 1. The number of amides is 2. The highest BCUT2D eigenvalue weighted by Gasteiger charge is 2.26. The lowest BCUT2D eigenvalue weighted by atomic mass is 10.1. The van der Waals surface area contributed by atoms with Crippen LogP contribution in [0.4, 0.5) is 0 Å². The number of carbonyl (C=O) groups is 3. The van der Waals surface area contributed by atoms with Crippen molar-refractivity contribution in [1.82, 2.24) is 10.7 Å². The first-order valence-electron chi connectivity index (χ1n) is 6.34. The summed E-state index contributed by atoms with van der Waals surface area (Å²) < 4.78 is 22.7. The van der Waals surface area contributed by atoms with Crippen molar-refractivity contribution in [2.75, 3.05) is 11.5 Å². The Kier molecular flexibility index (Phi) is 5.82. The van der Waals surface area contributed by atoms with Crippen molar-refractivity contribution in [2.45, 2.75) is 32.2 Å². The van der Waals surface area contributed by atoms with E-state index >= 15 is 0 Å². The molecular weight excluding hydrogens is 302 g/mol. The molecule has 0 saturated heterocycles. The molecule has 0 aromatic rings. The third kappa shape index (κ3) is 5.50. The molecule has 0 aromatic carbocycles. The molecule has 3 N–H and O–H groups in total. The van der Waals surface area contributed by atoms with Crippen molar-refractivity contribution in [3.8, 4) is 0 Å². The molecule has 2 amide bonds. The lowest BCUT2D eigenvalue weighted by Gasteiger charge is -2.16. The topological polar surface area (TPSA) is 142 Å². The van der Waals surface area contributed by atoms with Crippen LogP contribution in [0.3, 0.4) is 0 Å². The average Bonchev–Trinajstić information content (AvgIpc) is 2.43. The van der Waals surface area contributed by atoms with Crippen LogP contribution in [-0.4, -0.2) is 54.6 Å². The first-order valence-corrected chi connectivity index (χ1v) is 8.17. The van der Waals surface area contributed by atoms with Gasteiger partial charge >= 0.3 is 5.97 Å². The Balaban J connectivity index is 2.64.